The highest BCUT2D eigenvalue weighted by Gasteiger charge is 2.13. The van der Waals surface area contributed by atoms with Gasteiger partial charge < -0.3 is 15.7 Å². The van der Waals surface area contributed by atoms with E-state index in [2.05, 4.69) is 31.4 Å². The fourth-order valence-corrected chi connectivity index (χ4v) is 1.85. The number of hydrogen-bond donors (Lipinski definition) is 3. The maximum absolute atomic E-state index is 10.4. The van der Waals surface area contributed by atoms with Gasteiger partial charge in [0.05, 0.1) is 5.92 Å². The SMILES string of the molecule is CC1CNC(C)CN1.CCCCC(CC)C(=O)O. The maximum Gasteiger partial charge on any atom is 0.306 e. The molecule has 1 aliphatic rings. The molecule has 18 heavy (non-hydrogen) atoms. The van der Waals surface area contributed by atoms with Crippen molar-refractivity contribution < 1.29 is 9.90 Å². The topological polar surface area (TPSA) is 61.4 Å². The molecule has 1 aliphatic heterocycles. The summed E-state index contributed by atoms with van der Waals surface area (Å²) in [6, 6.07) is 1.32. The molecular formula is C14H30N2O2. The number of aliphatic carboxylic acids is 1. The van der Waals surface area contributed by atoms with Gasteiger partial charge >= 0.3 is 5.97 Å². The first-order chi connectivity index (χ1) is 8.51. The van der Waals surface area contributed by atoms with Crippen LogP contribution in [-0.4, -0.2) is 36.2 Å². The summed E-state index contributed by atoms with van der Waals surface area (Å²) in [6.07, 6.45) is 3.71. The van der Waals surface area contributed by atoms with Crippen molar-refractivity contribution in [3.63, 3.8) is 0 Å². The molecule has 1 saturated heterocycles. The Bertz CT molecular complexity index is 204. The van der Waals surface area contributed by atoms with Crippen LogP contribution >= 0.6 is 0 Å². The van der Waals surface area contributed by atoms with Gasteiger partial charge in [0, 0.05) is 25.2 Å². The molecule has 4 nitrogen and oxygen atoms in total. The average Bonchev–Trinajstić information content (AvgIpc) is 2.34. The lowest BCUT2D eigenvalue weighted by Gasteiger charge is -2.26. The molecule has 0 aromatic rings. The third-order valence-electron chi connectivity index (χ3n) is 3.29. The van der Waals surface area contributed by atoms with Crippen molar-refractivity contribution in [2.75, 3.05) is 13.1 Å². The summed E-state index contributed by atoms with van der Waals surface area (Å²) >= 11 is 0. The van der Waals surface area contributed by atoms with Crippen LogP contribution in [0, 0.1) is 5.92 Å². The van der Waals surface area contributed by atoms with Gasteiger partial charge in [-0.25, -0.2) is 0 Å². The largest absolute Gasteiger partial charge is 0.481 e. The zero-order valence-corrected chi connectivity index (χ0v) is 12.3. The lowest BCUT2D eigenvalue weighted by Crippen LogP contribution is -2.51. The van der Waals surface area contributed by atoms with Crippen LogP contribution in [0.5, 0.6) is 0 Å². The predicted molar refractivity (Wildman–Crippen MR) is 75.9 cm³/mol. The minimum atomic E-state index is -0.643. The minimum absolute atomic E-state index is 0.111. The van der Waals surface area contributed by atoms with Crippen LogP contribution in [0.25, 0.3) is 0 Å². The molecule has 0 saturated carbocycles. The number of carboxylic acid groups (broad SMARTS) is 1. The van der Waals surface area contributed by atoms with Crippen LogP contribution in [0.3, 0.4) is 0 Å². The molecule has 3 atom stereocenters. The Morgan fingerprint density at radius 3 is 2.00 bits per heavy atom. The van der Waals surface area contributed by atoms with Crippen molar-refractivity contribution in [3.8, 4) is 0 Å². The highest BCUT2D eigenvalue weighted by Crippen LogP contribution is 2.11. The van der Waals surface area contributed by atoms with E-state index in [0.717, 1.165) is 38.8 Å². The number of nitrogens with one attached hydrogen (secondary N) is 2. The van der Waals surface area contributed by atoms with Gasteiger partial charge in [0.15, 0.2) is 0 Å². The Balaban J connectivity index is 0.000000327. The first-order valence-corrected chi connectivity index (χ1v) is 7.20. The standard InChI is InChI=1S/C8H16O2.C6H14N2/c1-3-5-6-7(4-2)8(9)10;1-5-3-8-6(2)4-7-5/h7H,3-6H2,1-2H3,(H,9,10);5-8H,3-4H2,1-2H3. The van der Waals surface area contributed by atoms with Gasteiger partial charge in [-0.2, -0.15) is 0 Å². The summed E-state index contributed by atoms with van der Waals surface area (Å²) in [6.45, 7) is 10.6. The lowest BCUT2D eigenvalue weighted by atomic mass is 10.00. The second kappa shape index (κ2) is 10.3. The first-order valence-electron chi connectivity index (χ1n) is 7.20. The van der Waals surface area contributed by atoms with Crippen LogP contribution in [0.1, 0.15) is 53.4 Å². The zero-order valence-electron chi connectivity index (χ0n) is 12.3. The van der Waals surface area contributed by atoms with E-state index in [0.29, 0.717) is 12.1 Å². The average molecular weight is 258 g/mol. The van der Waals surface area contributed by atoms with E-state index in [1.165, 1.54) is 0 Å². The molecule has 3 N–H and O–H groups in total. The van der Waals surface area contributed by atoms with E-state index >= 15 is 0 Å². The van der Waals surface area contributed by atoms with Crippen molar-refractivity contribution in [2.45, 2.75) is 65.5 Å². The van der Waals surface area contributed by atoms with Gasteiger partial charge in [-0.1, -0.05) is 26.7 Å². The summed E-state index contributed by atoms with van der Waals surface area (Å²) < 4.78 is 0. The fraction of sp³-hybridized carbons (Fsp3) is 0.929. The number of carboxylic acids is 1. The van der Waals surface area contributed by atoms with Gasteiger partial charge in [-0.05, 0) is 26.7 Å². The molecule has 3 unspecified atom stereocenters. The molecule has 0 radical (unpaired) electrons. The number of piperazine rings is 1. The van der Waals surface area contributed by atoms with E-state index in [1.807, 2.05) is 6.92 Å². The molecule has 0 spiro atoms. The predicted octanol–water partition coefficient (Wildman–Crippen LogP) is 2.24. The van der Waals surface area contributed by atoms with E-state index < -0.39 is 5.97 Å². The number of carbonyl (C=O) groups is 1. The normalized spacial score (nSPS) is 24.9. The fourth-order valence-electron chi connectivity index (χ4n) is 1.85. The second-order valence-corrected chi connectivity index (χ2v) is 5.20. The second-order valence-electron chi connectivity index (χ2n) is 5.20. The van der Waals surface area contributed by atoms with E-state index in [-0.39, 0.29) is 5.92 Å². The molecule has 0 aromatic heterocycles. The van der Waals surface area contributed by atoms with Crippen molar-refractivity contribution in [3.05, 3.63) is 0 Å². The third kappa shape index (κ3) is 8.48. The summed E-state index contributed by atoms with van der Waals surface area (Å²) in [5.74, 6) is -0.754. The van der Waals surface area contributed by atoms with Crippen molar-refractivity contribution in [2.24, 2.45) is 5.92 Å². The van der Waals surface area contributed by atoms with Crippen LogP contribution in [0.15, 0.2) is 0 Å². The minimum Gasteiger partial charge on any atom is -0.481 e. The van der Waals surface area contributed by atoms with Crippen molar-refractivity contribution >= 4 is 5.97 Å². The van der Waals surface area contributed by atoms with Crippen LogP contribution < -0.4 is 10.6 Å². The van der Waals surface area contributed by atoms with E-state index in [4.69, 9.17) is 5.11 Å². The Morgan fingerprint density at radius 2 is 1.72 bits per heavy atom. The van der Waals surface area contributed by atoms with Gasteiger partial charge in [-0.15, -0.1) is 0 Å². The van der Waals surface area contributed by atoms with Crippen LogP contribution in [-0.2, 0) is 4.79 Å². The number of unbranched alkanes of at least 4 members (excludes halogenated alkanes) is 1. The quantitative estimate of drug-likeness (QED) is 0.708. The Kier molecular flexibility index (Phi) is 9.98. The molecule has 1 rings (SSSR count). The van der Waals surface area contributed by atoms with Crippen molar-refractivity contribution in [1.82, 2.24) is 10.6 Å². The molecule has 1 fully saturated rings. The van der Waals surface area contributed by atoms with Gasteiger partial charge in [0.1, 0.15) is 0 Å². The van der Waals surface area contributed by atoms with Gasteiger partial charge in [0.2, 0.25) is 0 Å². The monoisotopic (exact) mass is 258 g/mol. The number of rotatable bonds is 5. The summed E-state index contributed by atoms with van der Waals surface area (Å²) in [5.41, 5.74) is 0. The smallest absolute Gasteiger partial charge is 0.306 e. The highest BCUT2D eigenvalue weighted by atomic mass is 16.4. The number of hydrogen-bond acceptors (Lipinski definition) is 3. The molecule has 0 aromatic carbocycles. The first kappa shape index (κ1) is 17.4. The summed E-state index contributed by atoms with van der Waals surface area (Å²) in [4.78, 5) is 10.4. The molecule has 4 heteroatoms. The summed E-state index contributed by atoms with van der Waals surface area (Å²) in [7, 11) is 0. The molecule has 108 valence electrons. The van der Waals surface area contributed by atoms with Crippen LogP contribution in [0.4, 0.5) is 0 Å². The summed E-state index contributed by atoms with van der Waals surface area (Å²) in [5, 5.41) is 15.3. The molecule has 0 amide bonds. The lowest BCUT2D eigenvalue weighted by molar-refractivity contribution is -0.142. The van der Waals surface area contributed by atoms with E-state index in [9.17, 15) is 4.79 Å². The Hall–Kier alpha value is -0.610. The van der Waals surface area contributed by atoms with Crippen molar-refractivity contribution in [1.29, 1.82) is 0 Å². The molecule has 0 aliphatic carbocycles. The van der Waals surface area contributed by atoms with E-state index in [1.54, 1.807) is 0 Å². The molecular weight excluding hydrogens is 228 g/mol. The van der Waals surface area contributed by atoms with Gasteiger partial charge in [-0.3, -0.25) is 4.79 Å². The molecule has 1 heterocycles. The Labute approximate surface area is 112 Å². The highest BCUT2D eigenvalue weighted by molar-refractivity contribution is 5.69. The Morgan fingerprint density at radius 1 is 1.22 bits per heavy atom. The maximum atomic E-state index is 10.4. The molecule has 0 bridgehead atoms. The third-order valence-corrected chi connectivity index (χ3v) is 3.29. The zero-order chi connectivity index (χ0) is 14.0. The van der Waals surface area contributed by atoms with Crippen LogP contribution in [0.2, 0.25) is 0 Å². The van der Waals surface area contributed by atoms with Gasteiger partial charge in [0.25, 0.3) is 0 Å².